The monoisotopic (exact) mass is 268 g/mol. The van der Waals surface area contributed by atoms with Gasteiger partial charge in [0.25, 0.3) is 0 Å². The molecule has 0 bridgehead atoms. The Morgan fingerprint density at radius 3 is 2.80 bits per heavy atom. The Morgan fingerprint density at radius 2 is 1.95 bits per heavy atom. The van der Waals surface area contributed by atoms with Crippen LogP contribution in [-0.2, 0) is 6.42 Å². The highest BCUT2D eigenvalue weighted by molar-refractivity contribution is 5.68. The quantitative estimate of drug-likeness (QED) is 0.915. The van der Waals surface area contributed by atoms with Gasteiger partial charge in [0.1, 0.15) is 5.75 Å². The second-order valence-electron chi connectivity index (χ2n) is 5.13. The summed E-state index contributed by atoms with van der Waals surface area (Å²) in [6, 6.07) is 14.8. The van der Waals surface area contributed by atoms with Crippen LogP contribution in [0.2, 0.25) is 0 Å². The smallest absolute Gasteiger partial charge is 0.120 e. The molecule has 0 aliphatic carbocycles. The molecule has 0 unspecified atom stereocenters. The van der Waals surface area contributed by atoms with Crippen LogP contribution in [-0.4, -0.2) is 20.7 Å². The maximum absolute atomic E-state index is 5.29. The molecule has 3 rings (SSSR count). The van der Waals surface area contributed by atoms with Crippen LogP contribution in [0.3, 0.4) is 0 Å². The fraction of sp³-hybridized carbons (Fsp3) is 0.294. The predicted octanol–water partition coefficient (Wildman–Crippen LogP) is 3.82. The average Bonchev–Trinajstić information content (AvgIpc) is 2.53. The zero-order chi connectivity index (χ0) is 13.9. The largest absolute Gasteiger partial charge is 0.497 e. The number of rotatable bonds is 3. The molecule has 3 nitrogen and oxygen atoms in total. The molecule has 0 atom stereocenters. The van der Waals surface area contributed by atoms with E-state index in [-0.39, 0.29) is 0 Å². The van der Waals surface area contributed by atoms with Gasteiger partial charge in [-0.2, -0.15) is 0 Å². The average molecular weight is 268 g/mol. The second kappa shape index (κ2) is 5.45. The van der Waals surface area contributed by atoms with Crippen molar-refractivity contribution in [2.75, 3.05) is 30.9 Å². The van der Waals surface area contributed by atoms with E-state index in [0.717, 1.165) is 24.4 Å². The van der Waals surface area contributed by atoms with Crippen LogP contribution in [0.4, 0.5) is 17.1 Å². The summed E-state index contributed by atoms with van der Waals surface area (Å²) in [5.74, 6) is 0.883. The van der Waals surface area contributed by atoms with Crippen molar-refractivity contribution in [2.45, 2.75) is 12.8 Å². The van der Waals surface area contributed by atoms with E-state index in [4.69, 9.17) is 4.74 Å². The molecule has 1 heterocycles. The number of nitrogens with zero attached hydrogens (tertiary/aromatic N) is 1. The van der Waals surface area contributed by atoms with E-state index in [1.54, 1.807) is 7.11 Å². The van der Waals surface area contributed by atoms with Gasteiger partial charge in [0.2, 0.25) is 0 Å². The van der Waals surface area contributed by atoms with Crippen LogP contribution in [0.25, 0.3) is 0 Å². The minimum Gasteiger partial charge on any atom is -0.497 e. The van der Waals surface area contributed by atoms with E-state index in [1.165, 1.54) is 23.4 Å². The molecule has 0 saturated carbocycles. The Balaban J connectivity index is 1.91. The van der Waals surface area contributed by atoms with Crippen LogP contribution in [0.1, 0.15) is 12.0 Å². The fourth-order valence-electron chi connectivity index (χ4n) is 2.64. The number of benzene rings is 2. The summed E-state index contributed by atoms with van der Waals surface area (Å²) in [6.07, 6.45) is 2.36. The van der Waals surface area contributed by atoms with Crippen molar-refractivity contribution >= 4 is 17.1 Å². The van der Waals surface area contributed by atoms with Crippen molar-refractivity contribution in [1.82, 2.24) is 0 Å². The van der Waals surface area contributed by atoms with Gasteiger partial charge in [-0.15, -0.1) is 0 Å². The van der Waals surface area contributed by atoms with Crippen molar-refractivity contribution in [3.05, 3.63) is 48.0 Å². The Hall–Kier alpha value is -2.16. The zero-order valence-corrected chi connectivity index (χ0v) is 12.0. The molecule has 3 heteroatoms. The van der Waals surface area contributed by atoms with E-state index < -0.39 is 0 Å². The molecule has 1 aliphatic heterocycles. The van der Waals surface area contributed by atoms with Crippen molar-refractivity contribution in [3.8, 4) is 5.75 Å². The lowest BCUT2D eigenvalue weighted by atomic mass is 10.0. The molecule has 0 aromatic heterocycles. The van der Waals surface area contributed by atoms with Gasteiger partial charge in [0.15, 0.2) is 0 Å². The number of anilines is 3. The first-order valence-corrected chi connectivity index (χ1v) is 7.02. The van der Waals surface area contributed by atoms with Gasteiger partial charge in [0, 0.05) is 36.7 Å². The molecule has 2 aromatic carbocycles. The van der Waals surface area contributed by atoms with Gasteiger partial charge in [0.05, 0.1) is 7.11 Å². The van der Waals surface area contributed by atoms with Crippen LogP contribution >= 0.6 is 0 Å². The molecule has 0 spiro atoms. The molecule has 0 saturated heterocycles. The molecular formula is C17H20N2O. The highest BCUT2D eigenvalue weighted by atomic mass is 16.5. The summed E-state index contributed by atoms with van der Waals surface area (Å²) in [5.41, 5.74) is 5.02. The zero-order valence-electron chi connectivity index (χ0n) is 12.0. The molecule has 0 fully saturated rings. The normalized spacial score (nSPS) is 13.3. The summed E-state index contributed by atoms with van der Waals surface area (Å²) in [4.78, 5) is 2.19. The van der Waals surface area contributed by atoms with E-state index >= 15 is 0 Å². The number of aryl methyl sites for hydroxylation is 1. The molecule has 2 aromatic rings. The van der Waals surface area contributed by atoms with Crippen molar-refractivity contribution in [3.63, 3.8) is 0 Å². The van der Waals surface area contributed by atoms with Gasteiger partial charge in [-0.05, 0) is 48.7 Å². The number of hydrogen-bond acceptors (Lipinski definition) is 3. The first-order chi connectivity index (χ1) is 9.78. The molecular weight excluding hydrogens is 248 g/mol. The molecule has 104 valence electrons. The second-order valence-corrected chi connectivity index (χ2v) is 5.13. The SMILES string of the molecule is COc1cccc(N(C)c2ccc3c(c2)CCCN3)c1. The maximum atomic E-state index is 5.29. The predicted molar refractivity (Wildman–Crippen MR) is 84.3 cm³/mol. The van der Waals surface area contributed by atoms with Crippen molar-refractivity contribution in [1.29, 1.82) is 0 Å². The highest BCUT2D eigenvalue weighted by Crippen LogP contribution is 2.31. The first-order valence-electron chi connectivity index (χ1n) is 7.02. The van der Waals surface area contributed by atoms with E-state index in [1.807, 2.05) is 12.1 Å². The summed E-state index contributed by atoms with van der Waals surface area (Å²) in [6.45, 7) is 1.08. The van der Waals surface area contributed by atoms with Gasteiger partial charge >= 0.3 is 0 Å². The summed E-state index contributed by atoms with van der Waals surface area (Å²) in [7, 11) is 3.79. The lowest BCUT2D eigenvalue weighted by Gasteiger charge is -2.24. The van der Waals surface area contributed by atoms with E-state index in [9.17, 15) is 0 Å². The molecule has 20 heavy (non-hydrogen) atoms. The van der Waals surface area contributed by atoms with Crippen molar-refractivity contribution in [2.24, 2.45) is 0 Å². The number of methoxy groups -OCH3 is 1. The fourth-order valence-corrected chi connectivity index (χ4v) is 2.64. The van der Waals surface area contributed by atoms with Gasteiger partial charge in [-0.1, -0.05) is 6.07 Å². The third kappa shape index (κ3) is 2.44. The van der Waals surface area contributed by atoms with Crippen molar-refractivity contribution < 1.29 is 4.74 Å². The van der Waals surface area contributed by atoms with Gasteiger partial charge in [-0.25, -0.2) is 0 Å². The molecule has 0 radical (unpaired) electrons. The van der Waals surface area contributed by atoms with E-state index in [2.05, 4.69) is 47.6 Å². The number of ether oxygens (including phenoxy) is 1. The van der Waals surface area contributed by atoms with E-state index in [0.29, 0.717) is 0 Å². The third-order valence-electron chi connectivity index (χ3n) is 3.86. The Labute approximate surface area is 120 Å². The Bertz CT molecular complexity index is 610. The third-order valence-corrected chi connectivity index (χ3v) is 3.86. The molecule has 1 N–H and O–H groups in total. The van der Waals surface area contributed by atoms with Gasteiger partial charge < -0.3 is 15.0 Å². The Kier molecular flexibility index (Phi) is 3.50. The molecule has 0 amide bonds. The minimum atomic E-state index is 0.883. The first kappa shape index (κ1) is 12.9. The number of nitrogens with one attached hydrogen (secondary N) is 1. The van der Waals surface area contributed by atoms with Crippen LogP contribution in [0.5, 0.6) is 5.75 Å². The maximum Gasteiger partial charge on any atom is 0.120 e. The van der Waals surface area contributed by atoms with Crippen LogP contribution in [0.15, 0.2) is 42.5 Å². The lowest BCUT2D eigenvalue weighted by Crippen LogP contribution is -2.14. The van der Waals surface area contributed by atoms with Crippen LogP contribution in [0, 0.1) is 0 Å². The van der Waals surface area contributed by atoms with Gasteiger partial charge in [-0.3, -0.25) is 0 Å². The Morgan fingerprint density at radius 1 is 1.10 bits per heavy atom. The number of fused-ring (bicyclic) bond motifs is 1. The summed E-state index contributed by atoms with van der Waals surface area (Å²) < 4.78 is 5.29. The summed E-state index contributed by atoms with van der Waals surface area (Å²) in [5, 5.41) is 3.45. The lowest BCUT2D eigenvalue weighted by molar-refractivity contribution is 0.415. The summed E-state index contributed by atoms with van der Waals surface area (Å²) >= 11 is 0. The highest BCUT2D eigenvalue weighted by Gasteiger charge is 2.11. The minimum absolute atomic E-state index is 0.883. The molecule has 1 aliphatic rings. The van der Waals surface area contributed by atoms with Crippen LogP contribution < -0.4 is 15.0 Å². The topological polar surface area (TPSA) is 24.5 Å². The standard InChI is InChI=1S/C17H20N2O/c1-19(14-6-3-7-16(12-14)20-2)15-8-9-17-13(11-15)5-4-10-18-17/h3,6-9,11-12,18H,4-5,10H2,1-2H3. The number of hydrogen-bond donors (Lipinski definition) is 1.